The number of hydrogen-bond donors (Lipinski definition) is 0. The van der Waals surface area contributed by atoms with E-state index in [1.807, 2.05) is 34.6 Å². The predicted molar refractivity (Wildman–Crippen MR) is 137 cm³/mol. The molecule has 4 aliphatic rings. The van der Waals surface area contributed by atoms with Gasteiger partial charge in [-0.2, -0.15) is 0 Å². The molecule has 0 saturated heterocycles. The highest BCUT2D eigenvalue weighted by atomic mass is 16.6. The molecule has 4 bridgehead atoms. The maximum atomic E-state index is 13.3. The predicted octanol–water partition coefficient (Wildman–Crippen LogP) is 8.22. The zero-order valence-electron chi connectivity index (χ0n) is 18.8. The van der Waals surface area contributed by atoms with Crippen molar-refractivity contribution in [2.75, 3.05) is 0 Å². The van der Waals surface area contributed by atoms with Gasteiger partial charge in [0, 0.05) is 0 Å². The third-order valence-corrected chi connectivity index (χ3v) is 7.50. The molecule has 4 heteroatoms. The normalized spacial score (nSPS) is 30.2. The summed E-state index contributed by atoms with van der Waals surface area (Å²) in [6, 6.07) is 0. The molecule has 4 rings (SSSR count). The van der Waals surface area contributed by atoms with E-state index in [-0.39, 0.29) is 53.2 Å². The average Bonchev–Trinajstić information content (AvgIpc) is 2.56. The summed E-state index contributed by atoms with van der Waals surface area (Å²) < 4.78 is 11.8. The van der Waals surface area contributed by atoms with E-state index in [0.29, 0.717) is 12.8 Å². The maximum absolute atomic E-state index is 13.3. The van der Waals surface area contributed by atoms with Gasteiger partial charge in [-0.1, -0.05) is 43.6 Å². The number of esters is 2. The highest BCUT2D eigenvalue weighted by Gasteiger charge is 2.54. The summed E-state index contributed by atoms with van der Waals surface area (Å²) >= 11 is 0. The molecule has 0 spiro atoms. The van der Waals surface area contributed by atoms with E-state index in [1.165, 1.54) is 19.3 Å². The molecular weight excluding hydrogens is 400 g/mol. The lowest BCUT2D eigenvalue weighted by Crippen LogP contribution is -2.54. The summed E-state index contributed by atoms with van der Waals surface area (Å²) in [4.78, 5) is 25.5. The molecule has 4 saturated carbocycles. The van der Waals surface area contributed by atoms with Crippen LogP contribution in [0.5, 0.6) is 0 Å². The Morgan fingerprint density at radius 3 is 1.72 bits per heavy atom. The fourth-order valence-electron chi connectivity index (χ4n) is 5.95. The van der Waals surface area contributed by atoms with E-state index in [2.05, 4.69) is 6.92 Å². The summed E-state index contributed by atoms with van der Waals surface area (Å²) in [5.41, 5.74) is -1.20. The van der Waals surface area contributed by atoms with Gasteiger partial charge in [-0.3, -0.25) is 9.59 Å². The monoisotopic (exact) mass is 456 g/mol. The molecule has 192 valence electrons. The average molecular weight is 457 g/mol. The second kappa shape index (κ2) is 11.9. The van der Waals surface area contributed by atoms with Crippen LogP contribution in [0, 0.1) is 29.1 Å². The van der Waals surface area contributed by atoms with Gasteiger partial charge in [0.2, 0.25) is 0 Å². The van der Waals surface area contributed by atoms with Crippen molar-refractivity contribution in [3.8, 4) is 0 Å². The van der Waals surface area contributed by atoms with E-state index in [4.69, 9.17) is 9.47 Å². The summed E-state index contributed by atoms with van der Waals surface area (Å²) in [6.45, 7) is 11.6. The van der Waals surface area contributed by atoms with E-state index in [9.17, 15) is 9.59 Å². The molecule has 2 unspecified atom stereocenters. The van der Waals surface area contributed by atoms with Crippen molar-refractivity contribution in [3.05, 3.63) is 0 Å². The van der Waals surface area contributed by atoms with Crippen molar-refractivity contribution in [2.45, 2.75) is 140 Å². The first kappa shape index (κ1) is 33.1. The molecule has 0 aliphatic heterocycles. The smallest absolute Gasteiger partial charge is 0.312 e. The van der Waals surface area contributed by atoms with Crippen LogP contribution in [0.15, 0.2) is 0 Å². The SMILES string of the molecule is C.C.C.C.CCC(C)(CCC(C)C(=O)OC(C)(C)C)C(=O)OC12CC3CC(CC(C3)C1)C2. The van der Waals surface area contributed by atoms with Crippen LogP contribution in [0.1, 0.15) is 129 Å². The number of carbonyl (C=O) groups is 2. The van der Waals surface area contributed by atoms with Gasteiger partial charge < -0.3 is 9.47 Å². The molecule has 0 aromatic rings. The van der Waals surface area contributed by atoms with Crippen molar-refractivity contribution in [2.24, 2.45) is 29.1 Å². The summed E-state index contributed by atoms with van der Waals surface area (Å²) in [5, 5.41) is 0. The Bertz CT molecular complexity index is 568. The minimum atomic E-state index is -0.528. The number of rotatable bonds is 7. The molecular formula is C28H56O4. The van der Waals surface area contributed by atoms with E-state index in [1.54, 1.807) is 0 Å². The zero-order valence-corrected chi connectivity index (χ0v) is 18.8. The van der Waals surface area contributed by atoms with Crippen molar-refractivity contribution >= 4 is 11.9 Å². The molecule has 4 fully saturated rings. The molecule has 0 aromatic heterocycles. The third-order valence-electron chi connectivity index (χ3n) is 7.50. The van der Waals surface area contributed by atoms with Crippen LogP contribution in [0.4, 0.5) is 0 Å². The molecule has 4 nitrogen and oxygen atoms in total. The lowest BCUT2D eigenvalue weighted by atomic mass is 9.54. The summed E-state index contributed by atoms with van der Waals surface area (Å²) in [7, 11) is 0. The number of hydrogen-bond acceptors (Lipinski definition) is 4. The van der Waals surface area contributed by atoms with Crippen molar-refractivity contribution in [1.29, 1.82) is 0 Å². The number of ether oxygens (including phenoxy) is 2. The Morgan fingerprint density at radius 1 is 0.906 bits per heavy atom. The summed E-state index contributed by atoms with van der Waals surface area (Å²) in [6.07, 6.45) is 9.28. The highest BCUT2D eigenvalue weighted by molar-refractivity contribution is 5.77. The molecule has 0 amide bonds. The fourth-order valence-corrected chi connectivity index (χ4v) is 5.95. The van der Waals surface area contributed by atoms with Crippen LogP contribution in [0.3, 0.4) is 0 Å². The second-order valence-electron chi connectivity index (χ2n) is 11.4. The number of carbonyl (C=O) groups excluding carboxylic acids is 2. The van der Waals surface area contributed by atoms with Crippen LogP contribution in [-0.2, 0) is 19.1 Å². The molecule has 0 radical (unpaired) electrons. The van der Waals surface area contributed by atoms with Gasteiger partial charge in [-0.15, -0.1) is 0 Å². The highest BCUT2D eigenvalue weighted by Crippen LogP contribution is 2.57. The standard InChI is InChI=1S/C24H40O4.4CH4/c1-7-23(6,9-8-16(2)20(25)27-22(3,4)5)21(26)28-24-13-17-10-18(14-24)12-19(11-17)15-24;;;;/h16-19H,7-15H2,1-6H3;4*1H4. The maximum Gasteiger partial charge on any atom is 0.312 e. The Hall–Kier alpha value is -1.06. The largest absolute Gasteiger partial charge is 0.460 e. The van der Waals surface area contributed by atoms with Crippen LogP contribution >= 0.6 is 0 Å². The zero-order chi connectivity index (χ0) is 20.7. The fraction of sp³-hybridized carbons (Fsp3) is 0.929. The van der Waals surface area contributed by atoms with Gasteiger partial charge in [-0.25, -0.2) is 0 Å². The first-order chi connectivity index (χ1) is 12.9. The van der Waals surface area contributed by atoms with Gasteiger partial charge in [0.05, 0.1) is 11.3 Å². The molecule has 32 heavy (non-hydrogen) atoms. The Labute approximate surface area is 200 Å². The van der Waals surface area contributed by atoms with Crippen LogP contribution in [0.2, 0.25) is 0 Å². The molecule has 4 aliphatic carbocycles. The first-order valence-corrected chi connectivity index (χ1v) is 11.4. The lowest BCUT2D eigenvalue weighted by Gasteiger charge is -2.56. The molecule has 0 N–H and O–H groups in total. The topological polar surface area (TPSA) is 52.6 Å². The first-order valence-electron chi connectivity index (χ1n) is 11.4. The van der Waals surface area contributed by atoms with Crippen LogP contribution < -0.4 is 0 Å². The van der Waals surface area contributed by atoms with Crippen molar-refractivity contribution in [1.82, 2.24) is 0 Å². The molecule has 0 heterocycles. The minimum absolute atomic E-state index is 0. The van der Waals surface area contributed by atoms with Crippen LogP contribution in [-0.4, -0.2) is 23.1 Å². The molecule has 2 atom stereocenters. The minimum Gasteiger partial charge on any atom is -0.460 e. The lowest BCUT2D eigenvalue weighted by molar-refractivity contribution is -0.197. The summed E-state index contributed by atoms with van der Waals surface area (Å²) in [5.74, 6) is 1.85. The van der Waals surface area contributed by atoms with Gasteiger partial charge in [0.1, 0.15) is 11.2 Å². The molecule has 0 aromatic carbocycles. The Balaban J connectivity index is 0. The second-order valence-corrected chi connectivity index (χ2v) is 11.4. The quantitative estimate of drug-likeness (QED) is 0.362. The van der Waals surface area contributed by atoms with Gasteiger partial charge >= 0.3 is 11.9 Å². The van der Waals surface area contributed by atoms with Gasteiger partial charge in [0.25, 0.3) is 0 Å². The Morgan fingerprint density at radius 2 is 1.34 bits per heavy atom. The van der Waals surface area contributed by atoms with Crippen molar-refractivity contribution in [3.63, 3.8) is 0 Å². The van der Waals surface area contributed by atoms with E-state index < -0.39 is 11.0 Å². The Kier molecular flexibility index (Phi) is 12.3. The van der Waals surface area contributed by atoms with Crippen LogP contribution in [0.25, 0.3) is 0 Å². The van der Waals surface area contributed by atoms with Gasteiger partial charge in [0.15, 0.2) is 0 Å². The van der Waals surface area contributed by atoms with E-state index >= 15 is 0 Å². The third kappa shape index (κ3) is 7.48. The van der Waals surface area contributed by atoms with Gasteiger partial charge in [-0.05, 0) is 103 Å². The van der Waals surface area contributed by atoms with E-state index in [0.717, 1.165) is 43.4 Å². The van der Waals surface area contributed by atoms with Crippen molar-refractivity contribution < 1.29 is 19.1 Å².